The molecular formula is C53H35N3. The van der Waals surface area contributed by atoms with Gasteiger partial charge in [-0.05, 0) is 90.3 Å². The van der Waals surface area contributed by atoms with E-state index in [9.17, 15) is 0 Å². The number of hydrogen-bond acceptors (Lipinski definition) is 3. The average molecular weight is 714 g/mol. The van der Waals surface area contributed by atoms with Crippen molar-refractivity contribution in [3.05, 3.63) is 212 Å². The number of rotatable bonds is 7. The molecule has 10 rings (SSSR count). The lowest BCUT2D eigenvalue weighted by Crippen LogP contribution is -2.00. The monoisotopic (exact) mass is 713 g/mol. The summed E-state index contributed by atoms with van der Waals surface area (Å²) in [5, 5.41) is 4.99. The van der Waals surface area contributed by atoms with Crippen LogP contribution in [-0.2, 0) is 0 Å². The Morgan fingerprint density at radius 2 is 0.554 bits per heavy atom. The van der Waals surface area contributed by atoms with Crippen molar-refractivity contribution >= 4 is 21.5 Å². The van der Waals surface area contributed by atoms with Crippen LogP contribution in [0.5, 0.6) is 0 Å². The molecule has 0 amide bonds. The molecule has 0 aliphatic heterocycles. The third kappa shape index (κ3) is 6.42. The van der Waals surface area contributed by atoms with Crippen molar-refractivity contribution < 1.29 is 0 Å². The lowest BCUT2D eigenvalue weighted by Gasteiger charge is -2.15. The molecule has 262 valence electrons. The SMILES string of the molecule is c1ccc(-c2ccc(-c3cc(-c4ccc(-c5nc(-c6ccccc6)nc(-c6ccccc6)n5)cc4)cc(-c4cc5ccccc5c5ccccc45)c3)cc2)cc1. The van der Waals surface area contributed by atoms with Gasteiger partial charge in [-0.25, -0.2) is 15.0 Å². The molecule has 3 nitrogen and oxygen atoms in total. The molecule has 0 saturated carbocycles. The minimum Gasteiger partial charge on any atom is -0.208 e. The first kappa shape index (κ1) is 33.1. The topological polar surface area (TPSA) is 38.7 Å². The van der Waals surface area contributed by atoms with E-state index in [2.05, 4.69) is 152 Å². The maximum Gasteiger partial charge on any atom is 0.164 e. The van der Waals surface area contributed by atoms with Crippen molar-refractivity contribution in [2.75, 3.05) is 0 Å². The summed E-state index contributed by atoms with van der Waals surface area (Å²) in [5.41, 5.74) is 12.2. The Labute approximate surface area is 326 Å². The van der Waals surface area contributed by atoms with Crippen molar-refractivity contribution in [1.82, 2.24) is 15.0 Å². The van der Waals surface area contributed by atoms with Gasteiger partial charge in [0.05, 0.1) is 0 Å². The van der Waals surface area contributed by atoms with Crippen molar-refractivity contribution in [2.24, 2.45) is 0 Å². The van der Waals surface area contributed by atoms with Crippen LogP contribution in [-0.4, -0.2) is 15.0 Å². The van der Waals surface area contributed by atoms with Gasteiger partial charge in [-0.1, -0.05) is 188 Å². The molecule has 0 spiro atoms. The average Bonchev–Trinajstić information content (AvgIpc) is 3.29. The highest BCUT2D eigenvalue weighted by molar-refractivity contribution is 6.14. The van der Waals surface area contributed by atoms with Crippen LogP contribution in [0.25, 0.3) is 100 Å². The molecule has 0 fully saturated rings. The third-order valence-corrected chi connectivity index (χ3v) is 10.5. The first-order valence-electron chi connectivity index (χ1n) is 18.9. The van der Waals surface area contributed by atoms with Crippen LogP contribution in [0.1, 0.15) is 0 Å². The maximum absolute atomic E-state index is 4.97. The van der Waals surface area contributed by atoms with E-state index in [1.54, 1.807) is 0 Å². The summed E-state index contributed by atoms with van der Waals surface area (Å²) in [6.07, 6.45) is 0. The number of fused-ring (bicyclic) bond motifs is 3. The summed E-state index contributed by atoms with van der Waals surface area (Å²) in [4.78, 5) is 14.8. The van der Waals surface area contributed by atoms with Crippen LogP contribution in [0, 0.1) is 0 Å². The second-order valence-corrected chi connectivity index (χ2v) is 14.0. The lowest BCUT2D eigenvalue weighted by molar-refractivity contribution is 1.07. The fourth-order valence-electron chi connectivity index (χ4n) is 7.64. The quantitative estimate of drug-likeness (QED) is 0.154. The second kappa shape index (κ2) is 14.4. The Morgan fingerprint density at radius 3 is 1.07 bits per heavy atom. The largest absolute Gasteiger partial charge is 0.208 e. The highest BCUT2D eigenvalue weighted by Crippen LogP contribution is 2.39. The van der Waals surface area contributed by atoms with Gasteiger partial charge in [0.1, 0.15) is 0 Å². The smallest absolute Gasteiger partial charge is 0.164 e. The molecule has 10 aromatic rings. The Morgan fingerprint density at radius 1 is 0.214 bits per heavy atom. The van der Waals surface area contributed by atoms with Gasteiger partial charge < -0.3 is 0 Å². The number of hydrogen-bond donors (Lipinski definition) is 0. The molecule has 9 aromatic carbocycles. The van der Waals surface area contributed by atoms with Gasteiger partial charge in [0.15, 0.2) is 17.5 Å². The van der Waals surface area contributed by atoms with Crippen molar-refractivity contribution in [3.8, 4) is 78.7 Å². The molecule has 3 heteroatoms. The van der Waals surface area contributed by atoms with Gasteiger partial charge in [-0.3, -0.25) is 0 Å². The third-order valence-electron chi connectivity index (χ3n) is 10.5. The zero-order valence-corrected chi connectivity index (χ0v) is 30.5. The minimum absolute atomic E-state index is 0.639. The molecule has 0 aliphatic rings. The fourth-order valence-corrected chi connectivity index (χ4v) is 7.64. The summed E-state index contributed by atoms with van der Waals surface area (Å²) < 4.78 is 0. The van der Waals surface area contributed by atoms with Crippen LogP contribution in [0.3, 0.4) is 0 Å². The van der Waals surface area contributed by atoms with E-state index in [0.717, 1.165) is 33.4 Å². The van der Waals surface area contributed by atoms with Crippen molar-refractivity contribution in [3.63, 3.8) is 0 Å². The first-order chi connectivity index (χ1) is 27.7. The van der Waals surface area contributed by atoms with E-state index < -0.39 is 0 Å². The van der Waals surface area contributed by atoms with Gasteiger partial charge in [0, 0.05) is 16.7 Å². The molecule has 1 heterocycles. The Bertz CT molecular complexity index is 2920. The van der Waals surface area contributed by atoms with Gasteiger partial charge in [0.2, 0.25) is 0 Å². The predicted molar refractivity (Wildman–Crippen MR) is 233 cm³/mol. The molecular weight excluding hydrogens is 679 g/mol. The van der Waals surface area contributed by atoms with Gasteiger partial charge >= 0.3 is 0 Å². The minimum atomic E-state index is 0.639. The molecule has 0 atom stereocenters. The van der Waals surface area contributed by atoms with E-state index in [4.69, 9.17) is 15.0 Å². The zero-order chi connectivity index (χ0) is 37.3. The molecule has 0 N–H and O–H groups in total. The number of aromatic nitrogens is 3. The molecule has 0 aliphatic carbocycles. The predicted octanol–water partition coefficient (Wildman–Crippen LogP) is 13.8. The molecule has 1 aromatic heterocycles. The molecule has 0 radical (unpaired) electrons. The van der Waals surface area contributed by atoms with Crippen LogP contribution in [0.2, 0.25) is 0 Å². The molecule has 0 bridgehead atoms. The van der Waals surface area contributed by atoms with Crippen molar-refractivity contribution in [2.45, 2.75) is 0 Å². The Balaban J connectivity index is 1.10. The first-order valence-corrected chi connectivity index (χ1v) is 18.9. The van der Waals surface area contributed by atoms with Gasteiger partial charge in [0.25, 0.3) is 0 Å². The summed E-state index contributed by atoms with van der Waals surface area (Å²) in [5.74, 6) is 1.94. The van der Waals surface area contributed by atoms with E-state index in [0.29, 0.717) is 17.5 Å². The second-order valence-electron chi connectivity index (χ2n) is 14.0. The summed E-state index contributed by atoms with van der Waals surface area (Å²) >= 11 is 0. The Hall–Kier alpha value is -7.49. The normalized spacial score (nSPS) is 11.2. The van der Waals surface area contributed by atoms with E-state index in [-0.39, 0.29) is 0 Å². The molecule has 0 saturated heterocycles. The van der Waals surface area contributed by atoms with Crippen LogP contribution in [0.15, 0.2) is 212 Å². The summed E-state index contributed by atoms with van der Waals surface area (Å²) in [7, 11) is 0. The number of benzene rings is 9. The maximum atomic E-state index is 4.97. The molecule has 0 unspecified atom stereocenters. The van der Waals surface area contributed by atoms with Crippen LogP contribution >= 0.6 is 0 Å². The summed E-state index contributed by atoms with van der Waals surface area (Å²) in [6, 6.07) is 75.0. The van der Waals surface area contributed by atoms with Gasteiger partial charge in [-0.2, -0.15) is 0 Å². The van der Waals surface area contributed by atoms with Crippen LogP contribution in [0.4, 0.5) is 0 Å². The fraction of sp³-hybridized carbons (Fsp3) is 0. The van der Waals surface area contributed by atoms with Gasteiger partial charge in [-0.15, -0.1) is 0 Å². The van der Waals surface area contributed by atoms with Crippen molar-refractivity contribution in [1.29, 1.82) is 0 Å². The standard InChI is InChI=1S/C53H35N3/c1-4-14-36(15-5-1)37-24-26-38(27-25-37)44-32-45(34-46(33-44)50-35-43-20-10-11-21-47(43)48-22-12-13-23-49(48)50)39-28-30-42(31-29-39)53-55-51(40-16-6-2-7-17-40)54-52(56-53)41-18-8-3-9-19-41/h1-35H. The van der Waals surface area contributed by atoms with Crippen LogP contribution < -0.4 is 0 Å². The Kier molecular flexibility index (Phi) is 8.51. The van der Waals surface area contributed by atoms with E-state index >= 15 is 0 Å². The molecule has 56 heavy (non-hydrogen) atoms. The van der Waals surface area contributed by atoms with E-state index in [1.165, 1.54) is 49.4 Å². The zero-order valence-electron chi connectivity index (χ0n) is 30.5. The van der Waals surface area contributed by atoms with E-state index in [1.807, 2.05) is 60.7 Å². The highest BCUT2D eigenvalue weighted by Gasteiger charge is 2.15. The number of nitrogens with zero attached hydrogens (tertiary/aromatic N) is 3. The highest BCUT2D eigenvalue weighted by atomic mass is 15.0. The lowest BCUT2D eigenvalue weighted by atomic mass is 9.89. The summed E-state index contributed by atoms with van der Waals surface area (Å²) in [6.45, 7) is 0.